The highest BCUT2D eigenvalue weighted by atomic mass is 32.2. The van der Waals surface area contributed by atoms with Crippen LogP contribution in [0.3, 0.4) is 0 Å². The number of carbonyl (C=O) groups is 1. The van der Waals surface area contributed by atoms with Gasteiger partial charge in [0.2, 0.25) is 5.91 Å². The number of benzene rings is 1. The summed E-state index contributed by atoms with van der Waals surface area (Å²) >= 11 is 1.97. The minimum absolute atomic E-state index is 0.0611. The van der Waals surface area contributed by atoms with Gasteiger partial charge in [0.25, 0.3) is 0 Å². The summed E-state index contributed by atoms with van der Waals surface area (Å²) in [5, 5.41) is 6.47. The molecule has 1 heterocycles. The van der Waals surface area contributed by atoms with Crippen molar-refractivity contribution in [1.82, 2.24) is 10.6 Å². The number of carbonyl (C=O) groups excluding carboxylic acids is 1. The van der Waals surface area contributed by atoms with Crippen LogP contribution in [0.25, 0.3) is 0 Å². The summed E-state index contributed by atoms with van der Waals surface area (Å²) in [6.07, 6.45) is 0. The topological polar surface area (TPSA) is 41.1 Å². The molecule has 0 spiro atoms. The van der Waals surface area contributed by atoms with E-state index in [-0.39, 0.29) is 11.8 Å². The van der Waals surface area contributed by atoms with Crippen LogP contribution in [0, 0.1) is 5.92 Å². The Kier molecular flexibility index (Phi) is 5.28. The summed E-state index contributed by atoms with van der Waals surface area (Å²) in [6.45, 7) is 5.34. The third kappa shape index (κ3) is 3.98. The smallest absolute Gasteiger partial charge is 0.222 e. The van der Waals surface area contributed by atoms with E-state index in [1.165, 1.54) is 11.1 Å². The SMILES string of the molecule is CC(C)C(=O)NCCNC1CSCc2ccccc21. The van der Waals surface area contributed by atoms with Crippen LogP contribution in [-0.2, 0) is 10.5 Å². The number of thioether (sulfide) groups is 1. The molecule has 2 rings (SSSR count). The molecule has 1 amide bonds. The second-order valence-electron chi connectivity index (χ2n) is 5.17. The van der Waals surface area contributed by atoms with E-state index in [0.29, 0.717) is 12.6 Å². The Morgan fingerprint density at radius 2 is 2.16 bits per heavy atom. The molecule has 1 unspecified atom stereocenters. The molecule has 0 aromatic heterocycles. The highest BCUT2D eigenvalue weighted by Crippen LogP contribution is 2.31. The molecule has 19 heavy (non-hydrogen) atoms. The second-order valence-corrected chi connectivity index (χ2v) is 6.20. The van der Waals surface area contributed by atoms with Gasteiger partial charge in [-0.05, 0) is 11.1 Å². The first-order chi connectivity index (χ1) is 9.18. The maximum Gasteiger partial charge on any atom is 0.222 e. The van der Waals surface area contributed by atoms with Crippen molar-refractivity contribution in [1.29, 1.82) is 0 Å². The van der Waals surface area contributed by atoms with Crippen LogP contribution >= 0.6 is 11.8 Å². The van der Waals surface area contributed by atoms with Crippen LogP contribution in [-0.4, -0.2) is 24.7 Å². The molecule has 1 atom stereocenters. The molecule has 2 N–H and O–H groups in total. The molecule has 1 aliphatic rings. The van der Waals surface area contributed by atoms with Gasteiger partial charge in [0.15, 0.2) is 0 Å². The summed E-state index contributed by atoms with van der Waals surface area (Å²) < 4.78 is 0. The standard InChI is InChI=1S/C15H22N2OS/c1-11(2)15(18)17-8-7-16-14-10-19-9-12-5-3-4-6-13(12)14/h3-6,11,14,16H,7-10H2,1-2H3,(H,17,18). The number of rotatable bonds is 5. The molecule has 0 radical (unpaired) electrons. The van der Waals surface area contributed by atoms with Crippen LogP contribution in [0.2, 0.25) is 0 Å². The summed E-state index contributed by atoms with van der Waals surface area (Å²) in [6, 6.07) is 9.02. The predicted octanol–water partition coefficient (Wildman–Crippen LogP) is 2.34. The molecular weight excluding hydrogens is 256 g/mol. The normalized spacial score (nSPS) is 18.2. The van der Waals surface area contributed by atoms with Crippen molar-refractivity contribution in [3.8, 4) is 0 Å². The zero-order valence-electron chi connectivity index (χ0n) is 11.6. The Hall–Kier alpha value is -1.00. The Morgan fingerprint density at radius 1 is 1.37 bits per heavy atom. The third-order valence-electron chi connectivity index (χ3n) is 3.31. The fourth-order valence-corrected chi connectivity index (χ4v) is 3.32. The van der Waals surface area contributed by atoms with E-state index < -0.39 is 0 Å². The quantitative estimate of drug-likeness (QED) is 0.812. The number of nitrogens with one attached hydrogen (secondary N) is 2. The maximum absolute atomic E-state index is 11.4. The van der Waals surface area contributed by atoms with Gasteiger partial charge >= 0.3 is 0 Å². The maximum atomic E-state index is 11.4. The number of amides is 1. The molecule has 0 aliphatic carbocycles. The van der Waals surface area contributed by atoms with Gasteiger partial charge in [-0.2, -0.15) is 11.8 Å². The van der Waals surface area contributed by atoms with E-state index in [0.717, 1.165) is 18.1 Å². The fraction of sp³-hybridized carbons (Fsp3) is 0.533. The lowest BCUT2D eigenvalue weighted by atomic mass is 10.0. The van der Waals surface area contributed by atoms with E-state index in [4.69, 9.17) is 0 Å². The summed E-state index contributed by atoms with van der Waals surface area (Å²) in [5.41, 5.74) is 2.85. The van der Waals surface area contributed by atoms with Crippen molar-refractivity contribution in [2.75, 3.05) is 18.8 Å². The summed E-state index contributed by atoms with van der Waals surface area (Å²) in [5.74, 6) is 2.40. The predicted molar refractivity (Wildman–Crippen MR) is 81.2 cm³/mol. The number of hydrogen-bond acceptors (Lipinski definition) is 3. The van der Waals surface area contributed by atoms with Gasteiger partial charge in [-0.25, -0.2) is 0 Å². The number of hydrogen-bond donors (Lipinski definition) is 2. The Balaban J connectivity index is 1.80. The first-order valence-corrected chi connectivity index (χ1v) is 8.00. The van der Waals surface area contributed by atoms with Crippen LogP contribution in [0.15, 0.2) is 24.3 Å². The van der Waals surface area contributed by atoms with Crippen molar-refractivity contribution >= 4 is 17.7 Å². The van der Waals surface area contributed by atoms with Gasteiger partial charge in [0, 0.05) is 36.6 Å². The molecule has 0 saturated heterocycles. The lowest BCUT2D eigenvalue weighted by Crippen LogP contribution is -2.36. The first kappa shape index (κ1) is 14.4. The van der Waals surface area contributed by atoms with E-state index in [1.807, 2.05) is 25.6 Å². The highest BCUT2D eigenvalue weighted by molar-refractivity contribution is 7.98. The Bertz CT molecular complexity index is 434. The van der Waals surface area contributed by atoms with Crippen molar-refractivity contribution in [2.24, 2.45) is 5.92 Å². The van der Waals surface area contributed by atoms with Gasteiger partial charge in [-0.1, -0.05) is 38.1 Å². The van der Waals surface area contributed by atoms with Crippen molar-refractivity contribution < 1.29 is 4.79 Å². The first-order valence-electron chi connectivity index (χ1n) is 6.85. The summed E-state index contributed by atoms with van der Waals surface area (Å²) in [7, 11) is 0. The Labute approximate surface area is 119 Å². The van der Waals surface area contributed by atoms with Crippen LogP contribution in [0.4, 0.5) is 0 Å². The van der Waals surface area contributed by atoms with Gasteiger partial charge in [0.05, 0.1) is 0 Å². The van der Waals surface area contributed by atoms with Gasteiger partial charge in [0.1, 0.15) is 0 Å². The molecule has 0 saturated carbocycles. The molecule has 3 nitrogen and oxygen atoms in total. The molecule has 1 aliphatic heterocycles. The monoisotopic (exact) mass is 278 g/mol. The molecule has 0 bridgehead atoms. The molecule has 1 aromatic carbocycles. The molecule has 1 aromatic rings. The van der Waals surface area contributed by atoms with Crippen molar-refractivity contribution in [3.63, 3.8) is 0 Å². The van der Waals surface area contributed by atoms with Gasteiger partial charge < -0.3 is 10.6 Å². The number of fused-ring (bicyclic) bond motifs is 1. The lowest BCUT2D eigenvalue weighted by molar-refractivity contribution is -0.123. The molecular formula is C15H22N2OS. The van der Waals surface area contributed by atoms with E-state index >= 15 is 0 Å². The minimum atomic E-state index is 0.0611. The van der Waals surface area contributed by atoms with Crippen LogP contribution in [0.5, 0.6) is 0 Å². The minimum Gasteiger partial charge on any atom is -0.355 e. The molecule has 4 heteroatoms. The zero-order chi connectivity index (χ0) is 13.7. The highest BCUT2D eigenvalue weighted by Gasteiger charge is 2.19. The molecule has 104 valence electrons. The third-order valence-corrected chi connectivity index (χ3v) is 4.40. The van der Waals surface area contributed by atoms with Gasteiger partial charge in [-0.3, -0.25) is 4.79 Å². The molecule has 0 fully saturated rings. The van der Waals surface area contributed by atoms with Crippen molar-refractivity contribution in [2.45, 2.75) is 25.6 Å². The summed E-state index contributed by atoms with van der Waals surface area (Å²) in [4.78, 5) is 11.4. The largest absolute Gasteiger partial charge is 0.355 e. The lowest BCUT2D eigenvalue weighted by Gasteiger charge is -2.26. The van der Waals surface area contributed by atoms with Crippen molar-refractivity contribution in [3.05, 3.63) is 35.4 Å². The average molecular weight is 278 g/mol. The van der Waals surface area contributed by atoms with Crippen LogP contribution in [0.1, 0.15) is 31.0 Å². The van der Waals surface area contributed by atoms with Gasteiger partial charge in [-0.15, -0.1) is 0 Å². The zero-order valence-corrected chi connectivity index (χ0v) is 12.4. The fourth-order valence-electron chi connectivity index (χ4n) is 2.19. The average Bonchev–Trinajstić information content (AvgIpc) is 2.43. The second kappa shape index (κ2) is 6.96. The van der Waals surface area contributed by atoms with Crippen LogP contribution < -0.4 is 10.6 Å². The van der Waals surface area contributed by atoms with E-state index in [1.54, 1.807) is 0 Å². The Morgan fingerprint density at radius 3 is 2.95 bits per heavy atom. The van der Waals surface area contributed by atoms with E-state index in [9.17, 15) is 4.79 Å². The van der Waals surface area contributed by atoms with E-state index in [2.05, 4.69) is 34.9 Å².